The van der Waals surface area contributed by atoms with Crippen molar-refractivity contribution in [2.45, 2.75) is 39.0 Å². The van der Waals surface area contributed by atoms with Crippen molar-refractivity contribution in [3.63, 3.8) is 0 Å². The van der Waals surface area contributed by atoms with Crippen LogP contribution in [0.3, 0.4) is 0 Å². The molecule has 2 saturated heterocycles. The lowest BCUT2D eigenvalue weighted by Gasteiger charge is -2.35. The number of morpholine rings is 1. The van der Waals surface area contributed by atoms with Gasteiger partial charge in [0.2, 0.25) is 5.95 Å². The molecule has 2 aliphatic rings. The van der Waals surface area contributed by atoms with Gasteiger partial charge >= 0.3 is 5.97 Å². The number of rotatable bonds is 4. The molecule has 0 aromatic carbocycles. The molecule has 3 rings (SSSR count). The molecule has 138 valence electrons. The topological polar surface area (TPSA) is 78.8 Å². The van der Waals surface area contributed by atoms with Crippen LogP contribution in [0.15, 0.2) is 6.20 Å². The lowest BCUT2D eigenvalue weighted by atomic mass is 9.85. The number of anilines is 2. The maximum absolute atomic E-state index is 11.8. The maximum atomic E-state index is 11.8. The number of nitrogens with zero attached hydrogens (tertiary/aromatic N) is 4. The molecule has 3 heterocycles. The Morgan fingerprint density at radius 3 is 2.64 bits per heavy atom. The quantitative estimate of drug-likeness (QED) is 0.890. The molecule has 0 bridgehead atoms. The summed E-state index contributed by atoms with van der Waals surface area (Å²) in [7, 11) is 0. The monoisotopic (exact) mass is 348 g/mol. The number of carbonyl (C=O) groups is 1. The van der Waals surface area contributed by atoms with Gasteiger partial charge in [0.1, 0.15) is 5.82 Å². The smallest absolute Gasteiger partial charge is 0.313 e. The van der Waals surface area contributed by atoms with Crippen LogP contribution in [-0.2, 0) is 14.9 Å². The minimum atomic E-state index is -1.04. The highest BCUT2D eigenvalue weighted by Crippen LogP contribution is 2.33. The summed E-state index contributed by atoms with van der Waals surface area (Å²) in [5.41, 5.74) is -0.378. The molecule has 0 aliphatic carbocycles. The van der Waals surface area contributed by atoms with Crippen LogP contribution in [0.25, 0.3) is 0 Å². The van der Waals surface area contributed by atoms with Crippen molar-refractivity contribution >= 4 is 17.7 Å². The fourth-order valence-corrected chi connectivity index (χ4v) is 3.46. The molecule has 0 spiro atoms. The third-order valence-corrected chi connectivity index (χ3v) is 5.21. The number of piperidine rings is 1. The number of carboxylic acids is 1. The van der Waals surface area contributed by atoms with Gasteiger partial charge in [-0.25, -0.2) is 4.98 Å². The molecular formula is C18H28N4O3. The van der Waals surface area contributed by atoms with Crippen LogP contribution in [0, 0.1) is 5.92 Å². The van der Waals surface area contributed by atoms with Crippen LogP contribution in [0.4, 0.5) is 11.8 Å². The first-order valence-electron chi connectivity index (χ1n) is 9.08. The highest BCUT2D eigenvalue weighted by molar-refractivity contribution is 5.82. The van der Waals surface area contributed by atoms with E-state index in [1.807, 2.05) is 0 Å². The SMILES string of the molecule is C[C@@H]1CCCN(c2ncc(C(C)(C)C(=O)O)c(N3CCOCC3)n2)C1. The van der Waals surface area contributed by atoms with E-state index in [2.05, 4.69) is 21.7 Å². The van der Waals surface area contributed by atoms with E-state index in [0.29, 0.717) is 30.6 Å². The molecule has 2 aliphatic heterocycles. The molecule has 1 aromatic heterocycles. The highest BCUT2D eigenvalue weighted by atomic mass is 16.5. The predicted octanol–water partition coefficient (Wildman–Crippen LogP) is 1.91. The molecule has 1 atom stereocenters. The summed E-state index contributed by atoms with van der Waals surface area (Å²) >= 11 is 0. The van der Waals surface area contributed by atoms with E-state index in [0.717, 1.165) is 38.4 Å². The van der Waals surface area contributed by atoms with Crippen LogP contribution in [-0.4, -0.2) is 60.4 Å². The predicted molar refractivity (Wildman–Crippen MR) is 96.3 cm³/mol. The first-order valence-corrected chi connectivity index (χ1v) is 9.08. The molecule has 0 saturated carbocycles. The van der Waals surface area contributed by atoms with Crippen LogP contribution < -0.4 is 9.80 Å². The minimum Gasteiger partial charge on any atom is -0.481 e. The second-order valence-electron chi connectivity index (χ2n) is 7.63. The number of aromatic nitrogens is 2. The van der Waals surface area contributed by atoms with Gasteiger partial charge in [-0.15, -0.1) is 0 Å². The van der Waals surface area contributed by atoms with Gasteiger partial charge in [0, 0.05) is 37.9 Å². The van der Waals surface area contributed by atoms with Gasteiger partial charge in [-0.1, -0.05) is 6.92 Å². The summed E-state index contributed by atoms with van der Waals surface area (Å²) in [6, 6.07) is 0. The molecule has 7 nitrogen and oxygen atoms in total. The fourth-order valence-electron chi connectivity index (χ4n) is 3.46. The average Bonchev–Trinajstić information content (AvgIpc) is 2.62. The van der Waals surface area contributed by atoms with Crippen LogP contribution in [0.5, 0.6) is 0 Å². The van der Waals surface area contributed by atoms with Crippen molar-refractivity contribution in [1.82, 2.24) is 9.97 Å². The van der Waals surface area contributed by atoms with Gasteiger partial charge in [0.25, 0.3) is 0 Å². The van der Waals surface area contributed by atoms with Crippen molar-refractivity contribution in [2.24, 2.45) is 5.92 Å². The van der Waals surface area contributed by atoms with E-state index in [1.165, 1.54) is 6.42 Å². The Morgan fingerprint density at radius 2 is 2.00 bits per heavy atom. The number of ether oxygens (including phenoxy) is 1. The van der Waals surface area contributed by atoms with E-state index < -0.39 is 11.4 Å². The average molecular weight is 348 g/mol. The number of carboxylic acid groups (broad SMARTS) is 1. The molecule has 2 fully saturated rings. The molecular weight excluding hydrogens is 320 g/mol. The van der Waals surface area contributed by atoms with E-state index >= 15 is 0 Å². The first kappa shape index (κ1) is 17.9. The molecule has 1 N–H and O–H groups in total. The minimum absolute atomic E-state index is 0.624. The highest BCUT2D eigenvalue weighted by Gasteiger charge is 2.35. The Kier molecular flexibility index (Phi) is 5.13. The number of hydrogen-bond acceptors (Lipinski definition) is 6. The van der Waals surface area contributed by atoms with Gasteiger partial charge in [-0.3, -0.25) is 4.79 Å². The third kappa shape index (κ3) is 3.71. The maximum Gasteiger partial charge on any atom is 0.313 e. The summed E-state index contributed by atoms with van der Waals surface area (Å²) in [5, 5.41) is 9.66. The Morgan fingerprint density at radius 1 is 1.28 bits per heavy atom. The van der Waals surface area contributed by atoms with Gasteiger partial charge in [0.05, 0.1) is 18.6 Å². The Hall–Kier alpha value is -1.89. The lowest BCUT2D eigenvalue weighted by molar-refractivity contribution is -0.142. The molecule has 1 aromatic rings. The Labute approximate surface area is 149 Å². The van der Waals surface area contributed by atoms with Crippen LogP contribution in [0.2, 0.25) is 0 Å². The summed E-state index contributed by atoms with van der Waals surface area (Å²) in [6.07, 6.45) is 4.08. The Balaban J connectivity index is 1.99. The van der Waals surface area contributed by atoms with Gasteiger partial charge in [-0.05, 0) is 32.6 Å². The van der Waals surface area contributed by atoms with Crippen molar-refractivity contribution in [2.75, 3.05) is 49.2 Å². The second-order valence-corrected chi connectivity index (χ2v) is 7.63. The Bertz CT molecular complexity index is 629. The third-order valence-electron chi connectivity index (χ3n) is 5.21. The van der Waals surface area contributed by atoms with Gasteiger partial charge in [0.15, 0.2) is 0 Å². The zero-order chi connectivity index (χ0) is 18.0. The van der Waals surface area contributed by atoms with E-state index in [9.17, 15) is 9.90 Å². The fraction of sp³-hybridized carbons (Fsp3) is 0.722. The molecule has 0 amide bonds. The van der Waals surface area contributed by atoms with E-state index in [4.69, 9.17) is 9.72 Å². The summed E-state index contributed by atoms with van der Waals surface area (Å²) < 4.78 is 5.44. The molecule has 0 unspecified atom stereocenters. The summed E-state index contributed by atoms with van der Waals surface area (Å²) in [6.45, 7) is 10.3. The first-order chi connectivity index (χ1) is 11.9. The van der Waals surface area contributed by atoms with Crippen molar-refractivity contribution in [3.05, 3.63) is 11.8 Å². The molecule has 0 radical (unpaired) electrons. The zero-order valence-corrected chi connectivity index (χ0v) is 15.4. The van der Waals surface area contributed by atoms with Crippen molar-refractivity contribution in [1.29, 1.82) is 0 Å². The van der Waals surface area contributed by atoms with Gasteiger partial charge < -0.3 is 19.6 Å². The molecule has 25 heavy (non-hydrogen) atoms. The summed E-state index contributed by atoms with van der Waals surface area (Å²) in [4.78, 5) is 25.5. The molecule has 7 heteroatoms. The van der Waals surface area contributed by atoms with E-state index in [1.54, 1.807) is 20.0 Å². The normalized spacial score (nSPS) is 22.1. The van der Waals surface area contributed by atoms with Crippen molar-refractivity contribution in [3.8, 4) is 0 Å². The van der Waals surface area contributed by atoms with Crippen molar-refractivity contribution < 1.29 is 14.6 Å². The number of aliphatic carboxylic acids is 1. The van der Waals surface area contributed by atoms with Gasteiger partial charge in [-0.2, -0.15) is 4.98 Å². The lowest BCUT2D eigenvalue weighted by Crippen LogP contribution is -2.41. The van der Waals surface area contributed by atoms with Crippen LogP contribution in [0.1, 0.15) is 39.2 Å². The zero-order valence-electron chi connectivity index (χ0n) is 15.4. The second kappa shape index (κ2) is 7.15. The largest absolute Gasteiger partial charge is 0.481 e. The number of hydrogen-bond donors (Lipinski definition) is 1. The summed E-state index contributed by atoms with van der Waals surface area (Å²) in [5.74, 6) is 1.20. The standard InChI is InChI=1S/C18H28N4O3/c1-13-5-4-6-22(12-13)17-19-11-14(18(2,3)16(23)24)15(20-17)21-7-9-25-10-8-21/h11,13H,4-10,12H2,1-3H3,(H,23,24)/t13-/m1/s1. The van der Waals surface area contributed by atoms with E-state index in [-0.39, 0.29) is 0 Å². The van der Waals surface area contributed by atoms with Crippen LogP contribution >= 0.6 is 0 Å².